The molecular formula is C26H28O2. The second-order valence-corrected chi connectivity index (χ2v) is 7.12. The SMILES string of the molecule is CCCCCc1ccc(C(=O)Oc2ccc(-c3ccc(CC)cc3)cc2)cc1. The molecule has 2 heteroatoms. The molecule has 3 rings (SSSR count). The Morgan fingerprint density at radius 3 is 1.86 bits per heavy atom. The molecule has 0 N–H and O–H groups in total. The van der Waals surface area contributed by atoms with Crippen molar-refractivity contribution in [1.82, 2.24) is 0 Å². The molecule has 2 nitrogen and oxygen atoms in total. The molecule has 144 valence electrons. The van der Waals surface area contributed by atoms with Crippen LogP contribution in [0.4, 0.5) is 0 Å². The fourth-order valence-electron chi connectivity index (χ4n) is 3.20. The van der Waals surface area contributed by atoms with Crippen LogP contribution >= 0.6 is 0 Å². The zero-order chi connectivity index (χ0) is 19.8. The second kappa shape index (κ2) is 9.89. The predicted octanol–water partition coefficient (Wildman–Crippen LogP) is 6.87. The van der Waals surface area contributed by atoms with Crippen molar-refractivity contribution in [2.75, 3.05) is 0 Å². The average Bonchev–Trinajstić information content (AvgIpc) is 2.75. The molecule has 0 heterocycles. The summed E-state index contributed by atoms with van der Waals surface area (Å²) in [4.78, 5) is 12.4. The highest BCUT2D eigenvalue weighted by atomic mass is 16.5. The van der Waals surface area contributed by atoms with E-state index >= 15 is 0 Å². The smallest absolute Gasteiger partial charge is 0.343 e. The third-order valence-corrected chi connectivity index (χ3v) is 5.02. The fourth-order valence-corrected chi connectivity index (χ4v) is 3.20. The Hall–Kier alpha value is -2.87. The van der Waals surface area contributed by atoms with Crippen molar-refractivity contribution in [2.45, 2.75) is 46.0 Å². The molecule has 3 aromatic rings. The summed E-state index contributed by atoms with van der Waals surface area (Å²) < 4.78 is 5.53. The molecule has 0 spiro atoms. The molecular weight excluding hydrogens is 344 g/mol. The van der Waals surface area contributed by atoms with E-state index in [1.165, 1.54) is 30.4 Å². The molecule has 28 heavy (non-hydrogen) atoms. The summed E-state index contributed by atoms with van der Waals surface area (Å²) in [7, 11) is 0. The van der Waals surface area contributed by atoms with Crippen LogP contribution in [0.3, 0.4) is 0 Å². The largest absolute Gasteiger partial charge is 0.423 e. The second-order valence-electron chi connectivity index (χ2n) is 7.12. The lowest BCUT2D eigenvalue weighted by molar-refractivity contribution is 0.0735. The minimum Gasteiger partial charge on any atom is -0.423 e. The lowest BCUT2D eigenvalue weighted by atomic mass is 10.0. The van der Waals surface area contributed by atoms with Crippen LogP contribution in [0.25, 0.3) is 11.1 Å². The molecule has 0 atom stereocenters. The van der Waals surface area contributed by atoms with Crippen LogP contribution < -0.4 is 4.74 Å². The van der Waals surface area contributed by atoms with Crippen molar-refractivity contribution in [3.8, 4) is 16.9 Å². The van der Waals surface area contributed by atoms with Gasteiger partial charge in [0.15, 0.2) is 0 Å². The van der Waals surface area contributed by atoms with Gasteiger partial charge < -0.3 is 4.74 Å². The Balaban J connectivity index is 1.60. The molecule has 0 bridgehead atoms. The molecule has 0 aliphatic rings. The van der Waals surface area contributed by atoms with Crippen LogP contribution in [0.2, 0.25) is 0 Å². The van der Waals surface area contributed by atoms with Gasteiger partial charge >= 0.3 is 5.97 Å². The summed E-state index contributed by atoms with van der Waals surface area (Å²) >= 11 is 0. The van der Waals surface area contributed by atoms with E-state index in [0.29, 0.717) is 11.3 Å². The number of benzene rings is 3. The highest BCUT2D eigenvalue weighted by Crippen LogP contribution is 2.23. The van der Waals surface area contributed by atoms with Crippen molar-refractivity contribution >= 4 is 5.97 Å². The fraction of sp³-hybridized carbons (Fsp3) is 0.269. The van der Waals surface area contributed by atoms with Gasteiger partial charge in [0.1, 0.15) is 5.75 Å². The first-order chi connectivity index (χ1) is 13.7. The van der Waals surface area contributed by atoms with E-state index in [2.05, 4.69) is 38.1 Å². The molecule has 0 unspecified atom stereocenters. The van der Waals surface area contributed by atoms with Gasteiger partial charge in [0, 0.05) is 0 Å². The monoisotopic (exact) mass is 372 g/mol. The van der Waals surface area contributed by atoms with Gasteiger partial charge in [-0.15, -0.1) is 0 Å². The minimum absolute atomic E-state index is 0.319. The van der Waals surface area contributed by atoms with Crippen molar-refractivity contribution in [1.29, 1.82) is 0 Å². The highest BCUT2D eigenvalue weighted by molar-refractivity contribution is 5.91. The van der Waals surface area contributed by atoms with Crippen LogP contribution in [-0.4, -0.2) is 5.97 Å². The standard InChI is InChI=1S/C26H28O2/c1-3-5-6-7-21-10-14-24(15-11-21)26(27)28-25-18-16-23(17-19-25)22-12-8-20(4-2)9-13-22/h8-19H,3-7H2,1-2H3. The summed E-state index contributed by atoms with van der Waals surface area (Å²) in [6.45, 7) is 4.35. The number of hydrogen-bond donors (Lipinski definition) is 0. The number of carbonyl (C=O) groups excluding carboxylic acids is 1. The topological polar surface area (TPSA) is 26.3 Å². The average molecular weight is 373 g/mol. The molecule has 3 aromatic carbocycles. The number of ether oxygens (including phenoxy) is 1. The predicted molar refractivity (Wildman–Crippen MR) is 116 cm³/mol. The number of carbonyl (C=O) groups is 1. The zero-order valence-corrected chi connectivity index (χ0v) is 16.8. The van der Waals surface area contributed by atoms with Crippen molar-refractivity contribution < 1.29 is 9.53 Å². The van der Waals surface area contributed by atoms with E-state index in [-0.39, 0.29) is 5.97 Å². The zero-order valence-electron chi connectivity index (χ0n) is 16.8. The number of hydrogen-bond acceptors (Lipinski definition) is 2. The third kappa shape index (κ3) is 5.32. The Labute approximate surface area is 168 Å². The van der Waals surface area contributed by atoms with E-state index in [4.69, 9.17) is 4.74 Å². The van der Waals surface area contributed by atoms with E-state index < -0.39 is 0 Å². The Morgan fingerprint density at radius 2 is 1.29 bits per heavy atom. The summed E-state index contributed by atoms with van der Waals surface area (Å²) in [5, 5.41) is 0. The molecule has 0 amide bonds. The summed E-state index contributed by atoms with van der Waals surface area (Å²) in [6, 6.07) is 24.0. The van der Waals surface area contributed by atoms with Gasteiger partial charge in [-0.2, -0.15) is 0 Å². The van der Waals surface area contributed by atoms with Crippen LogP contribution in [0.15, 0.2) is 72.8 Å². The van der Waals surface area contributed by atoms with Crippen molar-refractivity contribution in [2.24, 2.45) is 0 Å². The van der Waals surface area contributed by atoms with E-state index in [1.54, 1.807) is 0 Å². The van der Waals surface area contributed by atoms with Crippen molar-refractivity contribution in [3.63, 3.8) is 0 Å². The lowest BCUT2D eigenvalue weighted by Crippen LogP contribution is -2.08. The van der Waals surface area contributed by atoms with Crippen LogP contribution in [0.1, 0.15) is 54.6 Å². The normalized spacial score (nSPS) is 10.6. The third-order valence-electron chi connectivity index (χ3n) is 5.02. The van der Waals surface area contributed by atoms with E-state index in [0.717, 1.165) is 24.0 Å². The van der Waals surface area contributed by atoms with Gasteiger partial charge in [-0.05, 0) is 65.8 Å². The van der Waals surface area contributed by atoms with Crippen LogP contribution in [-0.2, 0) is 12.8 Å². The van der Waals surface area contributed by atoms with Gasteiger partial charge in [0.25, 0.3) is 0 Å². The molecule has 0 fully saturated rings. The first-order valence-electron chi connectivity index (χ1n) is 10.2. The Kier molecular flexibility index (Phi) is 7.02. The van der Waals surface area contributed by atoms with Gasteiger partial charge in [-0.1, -0.05) is 75.2 Å². The first kappa shape index (κ1) is 19.9. The van der Waals surface area contributed by atoms with Crippen LogP contribution in [0.5, 0.6) is 5.75 Å². The molecule has 0 saturated heterocycles. The van der Waals surface area contributed by atoms with Crippen LogP contribution in [0, 0.1) is 0 Å². The number of aryl methyl sites for hydroxylation is 2. The van der Waals surface area contributed by atoms with Gasteiger partial charge in [-0.25, -0.2) is 4.79 Å². The maximum atomic E-state index is 12.4. The number of esters is 1. The first-order valence-corrected chi connectivity index (χ1v) is 10.2. The molecule has 0 saturated carbocycles. The van der Waals surface area contributed by atoms with Crippen molar-refractivity contribution in [3.05, 3.63) is 89.5 Å². The lowest BCUT2D eigenvalue weighted by Gasteiger charge is -2.07. The molecule has 0 radical (unpaired) electrons. The van der Waals surface area contributed by atoms with E-state index in [1.807, 2.05) is 48.5 Å². The quantitative estimate of drug-likeness (QED) is 0.245. The Morgan fingerprint density at radius 1 is 0.714 bits per heavy atom. The van der Waals surface area contributed by atoms with Gasteiger partial charge in [0.2, 0.25) is 0 Å². The molecule has 0 aliphatic carbocycles. The molecule has 0 aliphatic heterocycles. The Bertz CT molecular complexity index is 875. The number of unbranched alkanes of at least 4 members (excludes halogenated alkanes) is 2. The summed E-state index contributed by atoms with van der Waals surface area (Å²) in [5.41, 5.74) is 5.44. The maximum absolute atomic E-state index is 12.4. The summed E-state index contributed by atoms with van der Waals surface area (Å²) in [6.07, 6.45) is 5.74. The number of rotatable bonds is 8. The summed E-state index contributed by atoms with van der Waals surface area (Å²) in [5.74, 6) is 0.242. The van der Waals surface area contributed by atoms with E-state index in [9.17, 15) is 4.79 Å². The highest BCUT2D eigenvalue weighted by Gasteiger charge is 2.09. The maximum Gasteiger partial charge on any atom is 0.343 e. The molecule has 0 aromatic heterocycles. The minimum atomic E-state index is -0.319. The van der Waals surface area contributed by atoms with Gasteiger partial charge in [-0.3, -0.25) is 0 Å². The van der Waals surface area contributed by atoms with Gasteiger partial charge in [0.05, 0.1) is 5.56 Å².